The molecule has 0 radical (unpaired) electrons. The fraction of sp³-hybridized carbons (Fsp3) is 1.00. The van der Waals surface area contributed by atoms with Crippen LogP contribution >= 0.6 is 0 Å². The number of hydrogen-bond donors (Lipinski definition) is 0. The van der Waals surface area contributed by atoms with E-state index in [0.29, 0.717) is 11.0 Å². The molecule has 0 aromatic heterocycles. The van der Waals surface area contributed by atoms with E-state index in [1.165, 1.54) is 39.0 Å². The first kappa shape index (κ1) is 12.4. The van der Waals surface area contributed by atoms with E-state index in [9.17, 15) is 0 Å². The highest BCUT2D eigenvalue weighted by Crippen LogP contribution is 2.57. The van der Waals surface area contributed by atoms with Crippen molar-refractivity contribution in [3.05, 3.63) is 0 Å². The van der Waals surface area contributed by atoms with Crippen molar-refractivity contribution < 1.29 is 0 Å². The van der Waals surface area contributed by atoms with Crippen LogP contribution in [0.3, 0.4) is 0 Å². The Labute approximate surface area is 101 Å². The third kappa shape index (κ3) is 2.43. The van der Waals surface area contributed by atoms with E-state index in [-0.39, 0.29) is 0 Å². The minimum absolute atomic E-state index is 0.390. The van der Waals surface area contributed by atoms with Crippen molar-refractivity contribution in [2.24, 2.45) is 11.3 Å². The molecule has 1 unspecified atom stereocenters. The molecule has 2 atom stereocenters. The Morgan fingerprint density at radius 2 is 1.69 bits per heavy atom. The van der Waals surface area contributed by atoms with Crippen molar-refractivity contribution in [3.63, 3.8) is 0 Å². The van der Waals surface area contributed by atoms with Crippen LogP contribution in [0.5, 0.6) is 0 Å². The summed E-state index contributed by atoms with van der Waals surface area (Å²) in [5.41, 5.74) is 1.02. The summed E-state index contributed by atoms with van der Waals surface area (Å²) in [6, 6.07) is 0. The summed E-state index contributed by atoms with van der Waals surface area (Å²) < 4.78 is 0. The van der Waals surface area contributed by atoms with Gasteiger partial charge < -0.3 is 4.90 Å². The molecule has 0 N–H and O–H groups in total. The van der Waals surface area contributed by atoms with Gasteiger partial charge in [-0.05, 0) is 45.1 Å². The summed E-state index contributed by atoms with van der Waals surface area (Å²) >= 11 is 0. The summed E-state index contributed by atoms with van der Waals surface area (Å²) in [6.45, 7) is 14.7. The van der Waals surface area contributed by atoms with Gasteiger partial charge in [0.25, 0.3) is 0 Å². The Morgan fingerprint density at radius 3 is 2.12 bits per heavy atom. The molecule has 0 aromatic carbocycles. The van der Waals surface area contributed by atoms with E-state index in [0.717, 1.165) is 5.92 Å². The quantitative estimate of drug-likeness (QED) is 0.726. The highest BCUT2D eigenvalue weighted by molar-refractivity contribution is 5.02. The van der Waals surface area contributed by atoms with Crippen LogP contribution in [0.25, 0.3) is 0 Å². The van der Waals surface area contributed by atoms with Gasteiger partial charge in [0.05, 0.1) is 0 Å². The zero-order chi connectivity index (χ0) is 12.0. The molecule has 94 valence electrons. The molecule has 1 aliphatic heterocycles. The van der Waals surface area contributed by atoms with Crippen LogP contribution in [-0.2, 0) is 0 Å². The maximum atomic E-state index is 2.70. The van der Waals surface area contributed by atoms with Gasteiger partial charge in [0.1, 0.15) is 0 Å². The van der Waals surface area contributed by atoms with Crippen molar-refractivity contribution in [3.8, 4) is 0 Å². The van der Waals surface area contributed by atoms with E-state index in [1.807, 2.05) is 0 Å². The molecule has 1 saturated carbocycles. The van der Waals surface area contributed by atoms with Crippen LogP contribution in [0.15, 0.2) is 0 Å². The Hall–Kier alpha value is -0.0800. The van der Waals surface area contributed by atoms with Gasteiger partial charge in [-0.15, -0.1) is 0 Å². The van der Waals surface area contributed by atoms with Crippen molar-refractivity contribution in [2.45, 2.75) is 46.1 Å². The lowest BCUT2D eigenvalue weighted by atomic mass is 9.86. The van der Waals surface area contributed by atoms with Crippen LogP contribution in [0.4, 0.5) is 0 Å². The molecule has 2 aliphatic rings. The van der Waals surface area contributed by atoms with E-state index < -0.39 is 0 Å². The molecule has 2 fully saturated rings. The van der Waals surface area contributed by atoms with Crippen molar-refractivity contribution >= 4 is 0 Å². The zero-order valence-electron chi connectivity index (χ0n) is 11.7. The van der Waals surface area contributed by atoms with Gasteiger partial charge in [0, 0.05) is 31.7 Å². The molecule has 2 heteroatoms. The Balaban J connectivity index is 1.91. The van der Waals surface area contributed by atoms with Gasteiger partial charge in [-0.3, -0.25) is 4.90 Å². The number of hydrogen-bond acceptors (Lipinski definition) is 2. The average Bonchev–Trinajstić information content (AvgIpc) is 2.72. The fourth-order valence-electron chi connectivity index (χ4n) is 3.40. The molecular formula is C14H28N2. The van der Waals surface area contributed by atoms with Gasteiger partial charge in [-0.2, -0.15) is 0 Å². The molecule has 2 nitrogen and oxygen atoms in total. The largest absolute Gasteiger partial charge is 0.304 e. The molecule has 1 saturated heterocycles. The van der Waals surface area contributed by atoms with Crippen LogP contribution < -0.4 is 0 Å². The fourth-order valence-corrected chi connectivity index (χ4v) is 3.40. The molecule has 0 spiro atoms. The zero-order valence-corrected chi connectivity index (χ0v) is 11.7. The molecule has 1 heterocycles. The summed E-state index contributed by atoms with van der Waals surface area (Å²) in [4.78, 5) is 5.14. The smallest absolute Gasteiger partial charge is 0.0159 e. The second-order valence-electron chi connectivity index (χ2n) is 7.04. The van der Waals surface area contributed by atoms with Gasteiger partial charge in [0.2, 0.25) is 0 Å². The Bertz CT molecular complexity index is 253. The number of nitrogens with zero attached hydrogens (tertiary/aromatic N) is 2. The highest BCUT2D eigenvalue weighted by atomic mass is 15.3. The van der Waals surface area contributed by atoms with Gasteiger partial charge >= 0.3 is 0 Å². The standard InChI is InChI=1S/C14H28N2/c1-12-10-14(12,4)11-13(2,3)16-8-6-15(5)7-9-16/h12H,6-11H2,1-5H3/t12-,14?/m0/s1. The van der Waals surface area contributed by atoms with E-state index in [1.54, 1.807) is 0 Å². The second kappa shape index (κ2) is 3.99. The second-order valence-corrected chi connectivity index (χ2v) is 7.04. The molecule has 0 aromatic rings. The predicted octanol–water partition coefficient (Wildman–Crippen LogP) is 2.45. The van der Waals surface area contributed by atoms with Crippen LogP contribution in [-0.4, -0.2) is 48.6 Å². The number of piperazine rings is 1. The first-order valence-corrected chi connectivity index (χ1v) is 6.77. The van der Waals surface area contributed by atoms with Gasteiger partial charge in [0.15, 0.2) is 0 Å². The lowest BCUT2D eigenvalue weighted by Crippen LogP contribution is -2.54. The summed E-state index contributed by atoms with van der Waals surface area (Å²) in [6.07, 6.45) is 2.80. The maximum absolute atomic E-state index is 2.70. The summed E-state index contributed by atoms with van der Waals surface area (Å²) in [7, 11) is 2.23. The first-order chi connectivity index (χ1) is 7.33. The lowest BCUT2D eigenvalue weighted by Gasteiger charge is -2.44. The topological polar surface area (TPSA) is 6.48 Å². The maximum Gasteiger partial charge on any atom is 0.0159 e. The van der Waals surface area contributed by atoms with Crippen molar-refractivity contribution in [2.75, 3.05) is 33.2 Å². The van der Waals surface area contributed by atoms with Crippen molar-refractivity contribution in [1.82, 2.24) is 9.80 Å². The number of rotatable bonds is 3. The molecule has 2 rings (SSSR count). The van der Waals surface area contributed by atoms with Gasteiger partial charge in [-0.25, -0.2) is 0 Å². The van der Waals surface area contributed by atoms with E-state index >= 15 is 0 Å². The van der Waals surface area contributed by atoms with Gasteiger partial charge in [-0.1, -0.05) is 13.8 Å². The third-order valence-electron chi connectivity index (χ3n) is 5.00. The summed E-state index contributed by atoms with van der Waals surface area (Å²) in [5, 5.41) is 0. The normalized spacial score (nSPS) is 37.7. The monoisotopic (exact) mass is 224 g/mol. The molecule has 1 aliphatic carbocycles. The predicted molar refractivity (Wildman–Crippen MR) is 69.7 cm³/mol. The lowest BCUT2D eigenvalue weighted by molar-refractivity contribution is 0.0430. The van der Waals surface area contributed by atoms with Crippen LogP contribution in [0, 0.1) is 11.3 Å². The minimum Gasteiger partial charge on any atom is -0.304 e. The SMILES string of the molecule is C[C@H]1CC1(C)CC(C)(C)N1CCN(C)CC1. The molecule has 0 bridgehead atoms. The van der Waals surface area contributed by atoms with Crippen LogP contribution in [0.1, 0.15) is 40.5 Å². The Kier molecular flexibility index (Phi) is 3.09. The number of likely N-dealkylation sites (N-methyl/N-ethyl adjacent to an activating group) is 1. The van der Waals surface area contributed by atoms with E-state index in [4.69, 9.17) is 0 Å². The van der Waals surface area contributed by atoms with Crippen LogP contribution in [0.2, 0.25) is 0 Å². The molecule has 16 heavy (non-hydrogen) atoms. The highest BCUT2D eigenvalue weighted by Gasteiger charge is 2.50. The third-order valence-corrected chi connectivity index (χ3v) is 5.00. The molecule has 0 amide bonds. The molecular weight excluding hydrogens is 196 g/mol. The average molecular weight is 224 g/mol. The minimum atomic E-state index is 0.390. The van der Waals surface area contributed by atoms with Crippen molar-refractivity contribution in [1.29, 1.82) is 0 Å². The Morgan fingerprint density at radius 1 is 1.19 bits per heavy atom. The van der Waals surface area contributed by atoms with E-state index in [2.05, 4.69) is 44.5 Å². The summed E-state index contributed by atoms with van der Waals surface area (Å²) in [5.74, 6) is 0.944. The first-order valence-electron chi connectivity index (χ1n) is 6.77.